The molecule has 0 aromatic heterocycles. The molecule has 0 heterocycles. The zero-order valence-corrected chi connectivity index (χ0v) is 30.7. The van der Waals surface area contributed by atoms with Crippen LogP contribution in [0.3, 0.4) is 0 Å². The van der Waals surface area contributed by atoms with Gasteiger partial charge < -0.3 is 4.90 Å². The molecule has 2 aliphatic rings. The van der Waals surface area contributed by atoms with Crippen LogP contribution in [0.5, 0.6) is 0 Å². The molecule has 12 rings (SSSR count). The molecule has 0 bridgehead atoms. The standard InChI is InChI=1S/C55H35N/c1-2-14-39-32-44(30-26-36(39)12-1)56(54-23-11-17-38-13-5-6-18-45(38)54)43-28-24-37(25-29-43)42-27-31-48-49-33-40-15-3-4-16-41(40)34-53(49)55(52(48)35-42)50-21-9-7-19-46(50)47-20-8-10-22-51(47)55/h1-35H. The van der Waals surface area contributed by atoms with Crippen molar-refractivity contribution in [2.24, 2.45) is 0 Å². The van der Waals surface area contributed by atoms with Crippen molar-refractivity contribution in [1.82, 2.24) is 0 Å². The first kappa shape index (κ1) is 31.2. The molecule has 0 radical (unpaired) electrons. The summed E-state index contributed by atoms with van der Waals surface area (Å²) in [6, 6.07) is 78.9. The zero-order valence-electron chi connectivity index (χ0n) is 30.7. The second kappa shape index (κ2) is 11.9. The first-order valence-corrected chi connectivity index (χ1v) is 19.5. The molecule has 1 heteroatoms. The van der Waals surface area contributed by atoms with Crippen molar-refractivity contribution < 1.29 is 0 Å². The Bertz CT molecular complexity index is 3160. The van der Waals surface area contributed by atoms with Gasteiger partial charge in [0.15, 0.2) is 0 Å². The van der Waals surface area contributed by atoms with Crippen LogP contribution in [0.25, 0.3) is 65.7 Å². The van der Waals surface area contributed by atoms with E-state index in [-0.39, 0.29) is 0 Å². The molecule has 1 spiro atoms. The lowest BCUT2D eigenvalue weighted by Gasteiger charge is -2.31. The summed E-state index contributed by atoms with van der Waals surface area (Å²) < 4.78 is 0. The molecular formula is C55H35N. The molecular weight excluding hydrogens is 675 g/mol. The van der Waals surface area contributed by atoms with Gasteiger partial charge in [-0.15, -0.1) is 0 Å². The molecule has 56 heavy (non-hydrogen) atoms. The summed E-state index contributed by atoms with van der Waals surface area (Å²) in [6.07, 6.45) is 0. The molecule has 1 nitrogen and oxygen atoms in total. The average Bonchev–Trinajstić information content (AvgIpc) is 3.72. The Morgan fingerprint density at radius 2 is 0.821 bits per heavy atom. The van der Waals surface area contributed by atoms with Crippen molar-refractivity contribution in [2.45, 2.75) is 5.41 Å². The van der Waals surface area contributed by atoms with Crippen LogP contribution in [0.4, 0.5) is 17.1 Å². The predicted octanol–water partition coefficient (Wildman–Crippen LogP) is 14.6. The van der Waals surface area contributed by atoms with Crippen LogP contribution in [-0.4, -0.2) is 0 Å². The van der Waals surface area contributed by atoms with Gasteiger partial charge in [-0.2, -0.15) is 0 Å². The van der Waals surface area contributed by atoms with Crippen LogP contribution in [0, 0.1) is 0 Å². The summed E-state index contributed by atoms with van der Waals surface area (Å²) in [7, 11) is 0. The Morgan fingerprint density at radius 3 is 1.57 bits per heavy atom. The quantitative estimate of drug-likeness (QED) is 0.176. The van der Waals surface area contributed by atoms with Crippen LogP contribution >= 0.6 is 0 Å². The maximum atomic E-state index is 2.49. The normalized spacial score (nSPS) is 13.1. The summed E-state index contributed by atoms with van der Waals surface area (Å²) in [5, 5.41) is 7.46. The van der Waals surface area contributed by atoms with Gasteiger partial charge in [-0.25, -0.2) is 0 Å². The Hall–Kier alpha value is -7.22. The molecule has 0 saturated carbocycles. The minimum absolute atomic E-state index is 0.404. The van der Waals surface area contributed by atoms with Gasteiger partial charge in [-0.3, -0.25) is 0 Å². The van der Waals surface area contributed by atoms with E-state index >= 15 is 0 Å². The largest absolute Gasteiger partial charge is 0.310 e. The van der Waals surface area contributed by atoms with Gasteiger partial charge >= 0.3 is 0 Å². The Kier molecular flexibility index (Phi) is 6.62. The SMILES string of the molecule is c1ccc2c(c1)-c1ccccc1C21c2cc(-c3ccc(N(c4ccc5ccccc5c4)c4cccc5ccccc45)cc3)ccc2-c2cc3ccccc3cc21. The zero-order chi connectivity index (χ0) is 36.8. The first-order valence-electron chi connectivity index (χ1n) is 19.5. The van der Waals surface area contributed by atoms with Crippen LogP contribution in [0.1, 0.15) is 22.3 Å². The third-order valence-corrected chi connectivity index (χ3v) is 12.4. The molecule has 0 saturated heterocycles. The Morgan fingerprint density at radius 1 is 0.286 bits per heavy atom. The minimum Gasteiger partial charge on any atom is -0.310 e. The summed E-state index contributed by atoms with van der Waals surface area (Å²) in [6.45, 7) is 0. The number of hydrogen-bond donors (Lipinski definition) is 0. The second-order valence-corrected chi connectivity index (χ2v) is 15.3. The summed E-state index contributed by atoms with van der Waals surface area (Å²) in [5.74, 6) is 0. The van der Waals surface area contributed by atoms with Gasteiger partial charge in [0, 0.05) is 16.8 Å². The molecule has 10 aromatic rings. The molecule has 0 N–H and O–H groups in total. The summed E-state index contributed by atoms with van der Waals surface area (Å²) in [5.41, 5.74) is 16.2. The van der Waals surface area contributed by atoms with Gasteiger partial charge in [0.05, 0.1) is 11.1 Å². The predicted molar refractivity (Wildman–Crippen MR) is 235 cm³/mol. The highest BCUT2D eigenvalue weighted by molar-refractivity contribution is 6.02. The molecule has 0 unspecified atom stereocenters. The smallest absolute Gasteiger partial charge is 0.0725 e. The molecule has 0 amide bonds. The second-order valence-electron chi connectivity index (χ2n) is 15.3. The van der Waals surface area contributed by atoms with E-state index in [4.69, 9.17) is 0 Å². The lowest BCUT2D eigenvalue weighted by Crippen LogP contribution is -2.25. The van der Waals surface area contributed by atoms with E-state index in [2.05, 4.69) is 217 Å². The van der Waals surface area contributed by atoms with E-state index in [0.717, 1.165) is 17.1 Å². The van der Waals surface area contributed by atoms with E-state index in [0.29, 0.717) is 0 Å². The van der Waals surface area contributed by atoms with E-state index < -0.39 is 5.41 Å². The topological polar surface area (TPSA) is 3.24 Å². The van der Waals surface area contributed by atoms with E-state index in [1.807, 2.05) is 0 Å². The minimum atomic E-state index is -0.404. The van der Waals surface area contributed by atoms with Crippen LogP contribution < -0.4 is 4.90 Å². The van der Waals surface area contributed by atoms with Crippen LogP contribution in [0.2, 0.25) is 0 Å². The Balaban J connectivity index is 1.04. The van der Waals surface area contributed by atoms with Crippen molar-refractivity contribution in [1.29, 1.82) is 0 Å². The monoisotopic (exact) mass is 709 g/mol. The molecule has 10 aromatic carbocycles. The maximum absolute atomic E-state index is 2.49. The molecule has 0 aliphatic heterocycles. The number of nitrogens with zero attached hydrogens (tertiary/aromatic N) is 1. The molecule has 260 valence electrons. The van der Waals surface area contributed by atoms with Gasteiger partial charge in [0.2, 0.25) is 0 Å². The average molecular weight is 710 g/mol. The fourth-order valence-corrected chi connectivity index (χ4v) is 9.95. The fourth-order valence-electron chi connectivity index (χ4n) is 9.95. The lowest BCUT2D eigenvalue weighted by atomic mass is 9.70. The van der Waals surface area contributed by atoms with Crippen molar-refractivity contribution in [3.05, 3.63) is 235 Å². The highest BCUT2D eigenvalue weighted by Crippen LogP contribution is 2.63. The van der Waals surface area contributed by atoms with Gasteiger partial charge in [0.1, 0.15) is 0 Å². The van der Waals surface area contributed by atoms with E-state index in [1.165, 1.54) is 88.0 Å². The highest BCUT2D eigenvalue weighted by Gasteiger charge is 2.51. The first-order chi connectivity index (χ1) is 27.8. The van der Waals surface area contributed by atoms with Crippen LogP contribution in [0.15, 0.2) is 212 Å². The number of fused-ring (bicyclic) bond motifs is 13. The van der Waals surface area contributed by atoms with Gasteiger partial charge in [-0.1, -0.05) is 164 Å². The van der Waals surface area contributed by atoms with E-state index in [9.17, 15) is 0 Å². The van der Waals surface area contributed by atoms with Crippen molar-refractivity contribution in [2.75, 3.05) is 4.90 Å². The number of hydrogen-bond acceptors (Lipinski definition) is 1. The van der Waals surface area contributed by atoms with Gasteiger partial charge in [-0.05, 0) is 131 Å². The third-order valence-electron chi connectivity index (χ3n) is 12.4. The maximum Gasteiger partial charge on any atom is 0.0725 e. The molecule has 2 aliphatic carbocycles. The van der Waals surface area contributed by atoms with Crippen molar-refractivity contribution >= 4 is 49.4 Å². The molecule has 0 atom stereocenters. The number of benzene rings is 10. The summed E-state index contributed by atoms with van der Waals surface area (Å²) in [4.78, 5) is 2.41. The highest BCUT2D eigenvalue weighted by atomic mass is 15.1. The fraction of sp³-hybridized carbons (Fsp3) is 0.0182. The van der Waals surface area contributed by atoms with Crippen molar-refractivity contribution in [3.8, 4) is 33.4 Å². The third kappa shape index (κ3) is 4.37. The van der Waals surface area contributed by atoms with Crippen LogP contribution in [-0.2, 0) is 5.41 Å². The van der Waals surface area contributed by atoms with E-state index in [1.54, 1.807) is 0 Å². The Labute approximate surface area is 326 Å². The number of rotatable bonds is 4. The molecule has 0 fully saturated rings. The van der Waals surface area contributed by atoms with Crippen molar-refractivity contribution in [3.63, 3.8) is 0 Å². The van der Waals surface area contributed by atoms with Gasteiger partial charge in [0.25, 0.3) is 0 Å². The summed E-state index contributed by atoms with van der Waals surface area (Å²) >= 11 is 0. The number of anilines is 3. The lowest BCUT2D eigenvalue weighted by molar-refractivity contribution is 0.795.